The number of aromatic amines is 1. The molecule has 88 valence electrons. The Bertz CT molecular complexity index is 493. The quantitative estimate of drug-likeness (QED) is 0.878. The van der Waals surface area contributed by atoms with Crippen molar-refractivity contribution in [3.05, 3.63) is 53.1 Å². The topological polar surface area (TPSA) is 57.8 Å². The van der Waals surface area contributed by atoms with Gasteiger partial charge in [-0.15, -0.1) is 0 Å². The Morgan fingerprint density at radius 2 is 2.12 bits per heavy atom. The molecule has 1 amide bonds. The molecule has 5 heteroatoms. The molecule has 2 rings (SSSR count). The zero-order valence-corrected chi connectivity index (χ0v) is 10.0. The zero-order chi connectivity index (χ0) is 12.3. The number of carbonyl (C=O) groups is 1. The molecule has 1 aromatic carbocycles. The first-order valence-electron chi connectivity index (χ1n) is 5.21. The van der Waals surface area contributed by atoms with Crippen LogP contribution in [0.1, 0.15) is 29.0 Å². The summed E-state index contributed by atoms with van der Waals surface area (Å²) in [4.78, 5) is 18.3. The molecule has 0 bridgehead atoms. The number of aromatic nitrogens is 2. The summed E-state index contributed by atoms with van der Waals surface area (Å²) >= 11 is 5.80. The maximum absolute atomic E-state index is 11.7. The van der Waals surface area contributed by atoms with Crippen molar-refractivity contribution in [2.75, 3.05) is 0 Å². The van der Waals surface area contributed by atoms with E-state index in [1.54, 1.807) is 12.1 Å². The Kier molecular flexibility index (Phi) is 3.44. The summed E-state index contributed by atoms with van der Waals surface area (Å²) in [7, 11) is 0. The zero-order valence-electron chi connectivity index (χ0n) is 9.27. The van der Waals surface area contributed by atoms with Crippen molar-refractivity contribution < 1.29 is 4.79 Å². The standard InChI is InChI=1S/C12H12ClN3O/c1-8(9-2-4-10(13)5-3-9)16-12(17)11-6-14-7-15-11/h2-8H,1H3,(H,14,15)(H,16,17)/t8-/m0/s1. The maximum atomic E-state index is 11.7. The van der Waals surface area contributed by atoms with Crippen LogP contribution in [0.15, 0.2) is 36.8 Å². The number of nitrogens with zero attached hydrogens (tertiary/aromatic N) is 1. The van der Waals surface area contributed by atoms with Gasteiger partial charge < -0.3 is 10.3 Å². The first-order chi connectivity index (χ1) is 8.16. The van der Waals surface area contributed by atoms with E-state index in [-0.39, 0.29) is 11.9 Å². The summed E-state index contributed by atoms with van der Waals surface area (Å²) in [5.41, 5.74) is 1.45. The third-order valence-electron chi connectivity index (χ3n) is 2.46. The lowest BCUT2D eigenvalue weighted by molar-refractivity contribution is 0.0935. The van der Waals surface area contributed by atoms with Gasteiger partial charge in [0.25, 0.3) is 5.91 Å². The van der Waals surface area contributed by atoms with E-state index in [1.807, 2.05) is 19.1 Å². The summed E-state index contributed by atoms with van der Waals surface area (Å²) in [6, 6.07) is 7.30. The van der Waals surface area contributed by atoms with Gasteiger partial charge in [-0.3, -0.25) is 4.79 Å². The highest BCUT2D eigenvalue weighted by atomic mass is 35.5. The predicted octanol–water partition coefficient (Wildman–Crippen LogP) is 2.55. The first-order valence-corrected chi connectivity index (χ1v) is 5.59. The van der Waals surface area contributed by atoms with Crippen LogP contribution in [0.5, 0.6) is 0 Å². The second kappa shape index (κ2) is 5.01. The van der Waals surface area contributed by atoms with Crippen LogP contribution in [0, 0.1) is 0 Å². The molecule has 0 saturated heterocycles. The third-order valence-corrected chi connectivity index (χ3v) is 2.71. The van der Waals surface area contributed by atoms with Crippen molar-refractivity contribution >= 4 is 17.5 Å². The second-order valence-electron chi connectivity index (χ2n) is 3.71. The summed E-state index contributed by atoms with van der Waals surface area (Å²) < 4.78 is 0. The number of H-pyrrole nitrogens is 1. The van der Waals surface area contributed by atoms with Crippen LogP contribution >= 0.6 is 11.6 Å². The predicted molar refractivity (Wildman–Crippen MR) is 65.9 cm³/mol. The molecule has 1 heterocycles. The minimum Gasteiger partial charge on any atom is -0.344 e. The number of hydrogen-bond donors (Lipinski definition) is 2. The fraction of sp³-hybridized carbons (Fsp3) is 0.167. The van der Waals surface area contributed by atoms with E-state index >= 15 is 0 Å². The summed E-state index contributed by atoms with van der Waals surface area (Å²) in [5.74, 6) is -0.176. The van der Waals surface area contributed by atoms with E-state index < -0.39 is 0 Å². The third kappa shape index (κ3) is 2.85. The van der Waals surface area contributed by atoms with Crippen LogP contribution in [0.4, 0.5) is 0 Å². The Morgan fingerprint density at radius 1 is 1.41 bits per heavy atom. The van der Waals surface area contributed by atoms with Gasteiger partial charge in [-0.05, 0) is 24.6 Å². The molecule has 2 aromatic rings. The average Bonchev–Trinajstić information content (AvgIpc) is 2.83. The molecule has 2 N–H and O–H groups in total. The molecule has 1 aromatic heterocycles. The highest BCUT2D eigenvalue weighted by Gasteiger charge is 2.11. The van der Waals surface area contributed by atoms with E-state index in [9.17, 15) is 4.79 Å². The number of rotatable bonds is 3. The molecule has 0 spiro atoms. The lowest BCUT2D eigenvalue weighted by Gasteiger charge is -2.13. The highest BCUT2D eigenvalue weighted by Crippen LogP contribution is 2.16. The van der Waals surface area contributed by atoms with E-state index in [0.717, 1.165) is 5.56 Å². The number of nitrogens with one attached hydrogen (secondary N) is 2. The molecule has 4 nitrogen and oxygen atoms in total. The molecule has 0 aliphatic heterocycles. The van der Waals surface area contributed by atoms with Crippen LogP contribution < -0.4 is 5.32 Å². The molecule has 0 fully saturated rings. The Labute approximate surface area is 104 Å². The molecular formula is C12H12ClN3O. The second-order valence-corrected chi connectivity index (χ2v) is 4.15. The molecule has 0 aliphatic carbocycles. The van der Waals surface area contributed by atoms with Gasteiger partial charge in [0.05, 0.1) is 18.6 Å². The van der Waals surface area contributed by atoms with Crippen molar-refractivity contribution in [2.45, 2.75) is 13.0 Å². The van der Waals surface area contributed by atoms with Gasteiger partial charge in [-0.1, -0.05) is 23.7 Å². The fourth-order valence-corrected chi connectivity index (χ4v) is 1.62. The molecule has 0 aliphatic rings. The lowest BCUT2D eigenvalue weighted by atomic mass is 10.1. The molecule has 1 atom stereocenters. The van der Waals surface area contributed by atoms with Crippen molar-refractivity contribution in [1.29, 1.82) is 0 Å². The number of imidazole rings is 1. The number of carbonyl (C=O) groups excluding carboxylic acids is 1. The van der Waals surface area contributed by atoms with Crippen molar-refractivity contribution in [3.8, 4) is 0 Å². The van der Waals surface area contributed by atoms with Crippen LogP contribution in [0.2, 0.25) is 5.02 Å². The van der Waals surface area contributed by atoms with E-state index in [4.69, 9.17) is 11.6 Å². The smallest absolute Gasteiger partial charge is 0.269 e. The van der Waals surface area contributed by atoms with Crippen LogP contribution in [0.3, 0.4) is 0 Å². The van der Waals surface area contributed by atoms with Crippen LogP contribution in [0.25, 0.3) is 0 Å². The largest absolute Gasteiger partial charge is 0.344 e. The Hall–Kier alpha value is -1.81. The highest BCUT2D eigenvalue weighted by molar-refractivity contribution is 6.30. The van der Waals surface area contributed by atoms with Crippen molar-refractivity contribution in [1.82, 2.24) is 15.3 Å². The number of halogens is 1. The number of amides is 1. The van der Waals surface area contributed by atoms with E-state index in [2.05, 4.69) is 15.3 Å². The molecule has 0 unspecified atom stereocenters. The van der Waals surface area contributed by atoms with Crippen molar-refractivity contribution in [3.63, 3.8) is 0 Å². The Morgan fingerprint density at radius 3 is 2.71 bits per heavy atom. The molecule has 0 saturated carbocycles. The maximum Gasteiger partial charge on any atom is 0.269 e. The van der Waals surface area contributed by atoms with E-state index in [1.165, 1.54) is 12.5 Å². The van der Waals surface area contributed by atoms with Gasteiger partial charge in [0.1, 0.15) is 5.69 Å². The van der Waals surface area contributed by atoms with E-state index in [0.29, 0.717) is 10.7 Å². The van der Waals surface area contributed by atoms with Crippen molar-refractivity contribution in [2.24, 2.45) is 0 Å². The van der Waals surface area contributed by atoms with Gasteiger partial charge in [0.2, 0.25) is 0 Å². The summed E-state index contributed by atoms with van der Waals surface area (Å²) in [5, 5.41) is 3.55. The molecular weight excluding hydrogens is 238 g/mol. The van der Waals surface area contributed by atoms with Gasteiger partial charge in [0.15, 0.2) is 0 Å². The molecule has 0 radical (unpaired) electrons. The normalized spacial score (nSPS) is 12.1. The Balaban J connectivity index is 2.04. The number of benzene rings is 1. The van der Waals surface area contributed by atoms with Crippen LogP contribution in [-0.4, -0.2) is 15.9 Å². The minimum absolute atomic E-state index is 0.0805. The summed E-state index contributed by atoms with van der Waals surface area (Å²) in [6.07, 6.45) is 2.96. The van der Waals surface area contributed by atoms with Gasteiger partial charge >= 0.3 is 0 Å². The lowest BCUT2D eigenvalue weighted by Crippen LogP contribution is -2.26. The summed E-state index contributed by atoms with van der Waals surface area (Å²) in [6.45, 7) is 1.91. The van der Waals surface area contributed by atoms with Gasteiger partial charge in [0, 0.05) is 5.02 Å². The minimum atomic E-state index is -0.176. The monoisotopic (exact) mass is 249 g/mol. The van der Waals surface area contributed by atoms with Gasteiger partial charge in [-0.25, -0.2) is 4.98 Å². The average molecular weight is 250 g/mol. The SMILES string of the molecule is C[C@H](NC(=O)c1cnc[nH]1)c1ccc(Cl)cc1. The fourth-order valence-electron chi connectivity index (χ4n) is 1.49. The first kappa shape index (κ1) is 11.7. The van der Waals surface area contributed by atoms with Gasteiger partial charge in [-0.2, -0.15) is 0 Å². The number of hydrogen-bond acceptors (Lipinski definition) is 2. The molecule has 17 heavy (non-hydrogen) atoms. The van der Waals surface area contributed by atoms with Crippen LogP contribution in [-0.2, 0) is 0 Å².